The standard InChI is InChI=1S/C11H17Br/c1-5-10(7-9-12)6-8-11(2,3)4/h7H,5,9H2,1-4H3/b10-7+. The molecule has 0 spiro atoms. The predicted octanol–water partition coefficient (Wildman–Crippen LogP) is 3.77. The van der Waals surface area contributed by atoms with Crippen molar-refractivity contribution in [2.75, 3.05) is 5.33 Å². The van der Waals surface area contributed by atoms with Crippen LogP contribution in [0.25, 0.3) is 0 Å². The largest absolute Gasteiger partial charge is 0.0923 e. The van der Waals surface area contributed by atoms with Crippen LogP contribution in [0.4, 0.5) is 0 Å². The van der Waals surface area contributed by atoms with Crippen LogP contribution >= 0.6 is 15.9 Å². The van der Waals surface area contributed by atoms with E-state index in [-0.39, 0.29) is 5.41 Å². The van der Waals surface area contributed by atoms with Gasteiger partial charge in [0.25, 0.3) is 0 Å². The topological polar surface area (TPSA) is 0 Å². The summed E-state index contributed by atoms with van der Waals surface area (Å²) in [5.74, 6) is 6.41. The van der Waals surface area contributed by atoms with Crippen molar-refractivity contribution in [2.24, 2.45) is 5.41 Å². The summed E-state index contributed by atoms with van der Waals surface area (Å²) in [7, 11) is 0. The lowest BCUT2D eigenvalue weighted by Gasteiger charge is -2.07. The van der Waals surface area contributed by atoms with Gasteiger partial charge < -0.3 is 0 Å². The Bertz CT molecular complexity index is 207. The van der Waals surface area contributed by atoms with Gasteiger partial charge in [-0.25, -0.2) is 0 Å². The molecule has 0 atom stereocenters. The zero-order valence-corrected chi connectivity index (χ0v) is 9.96. The van der Waals surface area contributed by atoms with E-state index in [0.29, 0.717) is 0 Å². The molecule has 1 heteroatoms. The first-order chi connectivity index (χ1) is 5.49. The van der Waals surface area contributed by atoms with Gasteiger partial charge in [-0.15, -0.1) is 0 Å². The van der Waals surface area contributed by atoms with Gasteiger partial charge in [-0.3, -0.25) is 0 Å². The Labute approximate surface area is 84.6 Å². The highest BCUT2D eigenvalue weighted by atomic mass is 79.9. The molecule has 0 unspecified atom stereocenters. The highest BCUT2D eigenvalue weighted by molar-refractivity contribution is 9.09. The van der Waals surface area contributed by atoms with Crippen molar-refractivity contribution in [3.63, 3.8) is 0 Å². The SMILES string of the molecule is CC/C(C#CC(C)(C)C)=C\CBr. The Hall–Kier alpha value is -0.220. The summed E-state index contributed by atoms with van der Waals surface area (Å²) < 4.78 is 0. The molecular weight excluding hydrogens is 212 g/mol. The van der Waals surface area contributed by atoms with Gasteiger partial charge in [0.2, 0.25) is 0 Å². The number of hydrogen-bond acceptors (Lipinski definition) is 0. The second kappa shape index (κ2) is 5.43. The highest BCUT2D eigenvalue weighted by Crippen LogP contribution is 2.11. The minimum atomic E-state index is 0.112. The lowest BCUT2D eigenvalue weighted by molar-refractivity contribution is 0.571. The summed E-state index contributed by atoms with van der Waals surface area (Å²) in [6.45, 7) is 8.51. The van der Waals surface area contributed by atoms with Crippen LogP contribution in [0.3, 0.4) is 0 Å². The molecule has 0 aromatic rings. The van der Waals surface area contributed by atoms with Gasteiger partial charge in [-0.05, 0) is 32.8 Å². The summed E-state index contributed by atoms with van der Waals surface area (Å²) in [6, 6.07) is 0. The summed E-state index contributed by atoms with van der Waals surface area (Å²) in [6.07, 6.45) is 3.15. The number of alkyl halides is 1. The summed E-state index contributed by atoms with van der Waals surface area (Å²) in [5, 5.41) is 0.898. The average Bonchev–Trinajstić information content (AvgIpc) is 1.96. The summed E-state index contributed by atoms with van der Waals surface area (Å²) in [4.78, 5) is 0. The van der Waals surface area contributed by atoms with E-state index in [1.54, 1.807) is 0 Å². The van der Waals surface area contributed by atoms with Crippen molar-refractivity contribution in [2.45, 2.75) is 34.1 Å². The molecule has 0 aliphatic rings. The van der Waals surface area contributed by atoms with E-state index in [2.05, 4.69) is 61.5 Å². The van der Waals surface area contributed by atoms with Crippen LogP contribution in [0.1, 0.15) is 34.1 Å². The minimum absolute atomic E-state index is 0.112. The molecule has 0 aliphatic heterocycles. The van der Waals surface area contributed by atoms with Crippen LogP contribution in [0, 0.1) is 17.3 Å². The first-order valence-corrected chi connectivity index (χ1v) is 5.40. The van der Waals surface area contributed by atoms with Gasteiger partial charge in [-0.2, -0.15) is 0 Å². The molecule has 0 fully saturated rings. The third-order valence-corrected chi connectivity index (χ3v) is 1.63. The monoisotopic (exact) mass is 228 g/mol. The van der Waals surface area contributed by atoms with Crippen molar-refractivity contribution in [3.05, 3.63) is 11.6 Å². The first-order valence-electron chi connectivity index (χ1n) is 4.27. The molecule has 0 saturated heterocycles. The Morgan fingerprint density at radius 2 is 2.00 bits per heavy atom. The molecule has 12 heavy (non-hydrogen) atoms. The Morgan fingerprint density at radius 3 is 2.33 bits per heavy atom. The van der Waals surface area contributed by atoms with Gasteiger partial charge in [0.05, 0.1) is 0 Å². The van der Waals surface area contributed by atoms with Crippen molar-refractivity contribution < 1.29 is 0 Å². The quantitative estimate of drug-likeness (QED) is 0.499. The Kier molecular flexibility index (Phi) is 5.33. The maximum atomic E-state index is 3.37. The van der Waals surface area contributed by atoms with Gasteiger partial charge >= 0.3 is 0 Å². The van der Waals surface area contributed by atoms with Crippen LogP contribution in [-0.4, -0.2) is 5.33 Å². The van der Waals surface area contributed by atoms with Gasteiger partial charge in [0.15, 0.2) is 0 Å². The molecule has 0 amide bonds. The molecule has 0 aliphatic carbocycles. The Morgan fingerprint density at radius 1 is 1.42 bits per heavy atom. The summed E-state index contributed by atoms with van der Waals surface area (Å²) in [5.41, 5.74) is 1.34. The fraction of sp³-hybridized carbons (Fsp3) is 0.636. The van der Waals surface area contributed by atoms with Gasteiger partial charge in [0.1, 0.15) is 0 Å². The van der Waals surface area contributed by atoms with Crippen LogP contribution in [0.5, 0.6) is 0 Å². The van der Waals surface area contributed by atoms with E-state index in [1.165, 1.54) is 5.57 Å². The Balaban J connectivity index is 4.36. The van der Waals surface area contributed by atoms with Crippen molar-refractivity contribution >= 4 is 15.9 Å². The molecule has 0 bridgehead atoms. The normalized spacial score (nSPS) is 12.2. The highest BCUT2D eigenvalue weighted by Gasteiger charge is 2.03. The molecule has 0 aromatic heterocycles. The van der Waals surface area contributed by atoms with Crippen LogP contribution in [-0.2, 0) is 0 Å². The maximum Gasteiger partial charge on any atom is 0.0233 e. The number of rotatable bonds is 2. The van der Waals surface area contributed by atoms with Crippen molar-refractivity contribution in [1.29, 1.82) is 0 Å². The second-order valence-corrected chi connectivity index (χ2v) is 4.38. The predicted molar refractivity (Wildman–Crippen MR) is 59.4 cm³/mol. The van der Waals surface area contributed by atoms with Crippen LogP contribution < -0.4 is 0 Å². The molecule has 0 radical (unpaired) electrons. The summed E-state index contributed by atoms with van der Waals surface area (Å²) >= 11 is 3.37. The van der Waals surface area contributed by atoms with Gasteiger partial charge in [-0.1, -0.05) is 40.8 Å². The van der Waals surface area contributed by atoms with E-state index < -0.39 is 0 Å². The van der Waals surface area contributed by atoms with E-state index in [1.807, 2.05) is 0 Å². The van der Waals surface area contributed by atoms with E-state index in [0.717, 1.165) is 11.8 Å². The fourth-order valence-corrected chi connectivity index (χ4v) is 1.04. The van der Waals surface area contributed by atoms with Crippen molar-refractivity contribution in [1.82, 2.24) is 0 Å². The lowest BCUT2D eigenvalue weighted by Crippen LogP contribution is -1.99. The van der Waals surface area contributed by atoms with E-state index >= 15 is 0 Å². The van der Waals surface area contributed by atoms with E-state index in [4.69, 9.17) is 0 Å². The zero-order valence-electron chi connectivity index (χ0n) is 8.37. The smallest absolute Gasteiger partial charge is 0.0233 e. The maximum absolute atomic E-state index is 3.37. The first kappa shape index (κ1) is 11.8. The van der Waals surface area contributed by atoms with Crippen LogP contribution in [0.2, 0.25) is 0 Å². The molecule has 0 saturated carbocycles. The molecular formula is C11H17Br. The third-order valence-electron chi connectivity index (χ3n) is 1.30. The van der Waals surface area contributed by atoms with Crippen LogP contribution in [0.15, 0.2) is 11.6 Å². The molecule has 0 nitrogen and oxygen atoms in total. The zero-order chi connectivity index (χ0) is 9.61. The average molecular weight is 229 g/mol. The van der Waals surface area contributed by atoms with Crippen molar-refractivity contribution in [3.8, 4) is 11.8 Å². The van der Waals surface area contributed by atoms with E-state index in [9.17, 15) is 0 Å². The molecule has 0 aromatic carbocycles. The fourth-order valence-electron chi connectivity index (χ4n) is 0.645. The minimum Gasteiger partial charge on any atom is -0.0923 e. The molecule has 0 rings (SSSR count). The number of allylic oxidation sites excluding steroid dienone is 2. The molecule has 0 N–H and O–H groups in total. The van der Waals surface area contributed by atoms with Gasteiger partial charge in [0, 0.05) is 10.7 Å². The third kappa shape index (κ3) is 6.49. The second-order valence-electron chi connectivity index (χ2n) is 3.74. The molecule has 68 valence electrons. The number of halogens is 1. The molecule has 0 heterocycles. The number of hydrogen-bond donors (Lipinski definition) is 0. The lowest BCUT2D eigenvalue weighted by atomic mass is 9.97.